The number of hydrogen-bond donors (Lipinski definition) is 2. The van der Waals surface area contributed by atoms with Gasteiger partial charge in [0.05, 0.1) is 0 Å². The Balaban J connectivity index is 2.69. The van der Waals surface area contributed by atoms with E-state index in [1.807, 2.05) is 0 Å². The van der Waals surface area contributed by atoms with Crippen LogP contribution in [0.2, 0.25) is 0 Å². The molecule has 0 saturated carbocycles. The Morgan fingerprint density at radius 1 is 0.722 bits per heavy atom. The summed E-state index contributed by atoms with van der Waals surface area (Å²) in [5.74, 6) is -1.53. The second-order valence-electron chi connectivity index (χ2n) is 4.24. The van der Waals surface area contributed by atoms with Crippen molar-refractivity contribution in [2.24, 2.45) is 0 Å². The molecular formula is C14H12F2O2. The Bertz CT molecular complexity index is 566. The number of aryl methyl sites for hydroxylation is 2. The van der Waals surface area contributed by atoms with E-state index < -0.39 is 11.6 Å². The SMILES string of the molecule is Cc1cc(F)c(-c2cc(O)c(C)cc2F)cc1O. The summed E-state index contributed by atoms with van der Waals surface area (Å²) >= 11 is 0. The molecule has 0 aliphatic rings. The number of hydrogen-bond acceptors (Lipinski definition) is 2. The van der Waals surface area contributed by atoms with Crippen LogP contribution in [0, 0.1) is 25.5 Å². The average Bonchev–Trinajstić information content (AvgIpc) is 2.29. The van der Waals surface area contributed by atoms with Crippen LogP contribution in [-0.4, -0.2) is 10.2 Å². The first-order valence-electron chi connectivity index (χ1n) is 5.38. The average molecular weight is 250 g/mol. The van der Waals surface area contributed by atoms with Gasteiger partial charge in [-0.2, -0.15) is 0 Å². The highest BCUT2D eigenvalue weighted by atomic mass is 19.1. The van der Waals surface area contributed by atoms with E-state index in [1.54, 1.807) is 13.8 Å². The van der Waals surface area contributed by atoms with Gasteiger partial charge in [-0.15, -0.1) is 0 Å². The molecule has 0 atom stereocenters. The number of phenols is 2. The molecule has 0 fully saturated rings. The van der Waals surface area contributed by atoms with Crippen molar-refractivity contribution in [1.29, 1.82) is 0 Å². The van der Waals surface area contributed by atoms with Crippen molar-refractivity contribution in [2.45, 2.75) is 13.8 Å². The first kappa shape index (κ1) is 12.4. The predicted octanol–water partition coefficient (Wildman–Crippen LogP) is 3.66. The Morgan fingerprint density at radius 2 is 1.06 bits per heavy atom. The third-order valence-electron chi connectivity index (χ3n) is 2.86. The molecule has 0 aliphatic carbocycles. The van der Waals surface area contributed by atoms with Crippen molar-refractivity contribution in [3.8, 4) is 22.6 Å². The molecule has 2 aromatic carbocycles. The van der Waals surface area contributed by atoms with Crippen molar-refractivity contribution in [1.82, 2.24) is 0 Å². The van der Waals surface area contributed by atoms with Gasteiger partial charge in [0.1, 0.15) is 23.1 Å². The summed E-state index contributed by atoms with van der Waals surface area (Å²) in [6.07, 6.45) is 0. The number of halogens is 2. The largest absolute Gasteiger partial charge is 0.508 e. The molecule has 0 aromatic heterocycles. The summed E-state index contributed by atoms with van der Waals surface area (Å²) in [6.45, 7) is 3.09. The fourth-order valence-electron chi connectivity index (χ4n) is 1.74. The Kier molecular flexibility index (Phi) is 2.95. The van der Waals surface area contributed by atoms with Crippen molar-refractivity contribution in [3.63, 3.8) is 0 Å². The fourth-order valence-corrected chi connectivity index (χ4v) is 1.74. The highest BCUT2D eigenvalue weighted by Gasteiger charge is 2.14. The minimum atomic E-state index is -0.646. The molecule has 0 amide bonds. The fraction of sp³-hybridized carbons (Fsp3) is 0.143. The smallest absolute Gasteiger partial charge is 0.131 e. The van der Waals surface area contributed by atoms with Crippen LogP contribution in [-0.2, 0) is 0 Å². The zero-order chi connectivity index (χ0) is 13.4. The molecule has 18 heavy (non-hydrogen) atoms. The lowest BCUT2D eigenvalue weighted by Gasteiger charge is -2.09. The molecule has 0 radical (unpaired) electrons. The minimum Gasteiger partial charge on any atom is -0.508 e. The van der Waals surface area contributed by atoms with Crippen molar-refractivity contribution < 1.29 is 19.0 Å². The van der Waals surface area contributed by atoms with Gasteiger partial charge in [0.25, 0.3) is 0 Å². The van der Waals surface area contributed by atoms with Crippen LogP contribution in [0.15, 0.2) is 24.3 Å². The maximum atomic E-state index is 13.8. The number of aromatic hydroxyl groups is 2. The zero-order valence-electron chi connectivity index (χ0n) is 9.96. The molecule has 2 N–H and O–H groups in total. The summed E-state index contributed by atoms with van der Waals surface area (Å²) < 4.78 is 27.5. The highest BCUT2D eigenvalue weighted by molar-refractivity contribution is 5.69. The van der Waals surface area contributed by atoms with Gasteiger partial charge >= 0.3 is 0 Å². The highest BCUT2D eigenvalue weighted by Crippen LogP contribution is 2.34. The van der Waals surface area contributed by atoms with Crippen LogP contribution in [0.1, 0.15) is 11.1 Å². The normalized spacial score (nSPS) is 10.7. The molecule has 2 nitrogen and oxygen atoms in total. The van der Waals surface area contributed by atoms with E-state index in [9.17, 15) is 19.0 Å². The third-order valence-corrected chi connectivity index (χ3v) is 2.86. The molecule has 0 spiro atoms. The monoisotopic (exact) mass is 250 g/mol. The Labute approximate surface area is 103 Å². The van der Waals surface area contributed by atoms with Crippen LogP contribution >= 0.6 is 0 Å². The van der Waals surface area contributed by atoms with Crippen molar-refractivity contribution in [3.05, 3.63) is 47.0 Å². The minimum absolute atomic E-state index is 0.0779. The van der Waals surface area contributed by atoms with Crippen molar-refractivity contribution in [2.75, 3.05) is 0 Å². The van der Waals surface area contributed by atoms with E-state index >= 15 is 0 Å². The second kappa shape index (κ2) is 4.29. The molecule has 0 bridgehead atoms. The second-order valence-corrected chi connectivity index (χ2v) is 4.24. The van der Waals surface area contributed by atoms with E-state index in [0.29, 0.717) is 11.1 Å². The molecule has 2 aromatic rings. The molecule has 0 heterocycles. The quantitative estimate of drug-likeness (QED) is 0.810. The van der Waals surface area contributed by atoms with E-state index in [4.69, 9.17) is 0 Å². The van der Waals surface area contributed by atoms with E-state index in [2.05, 4.69) is 0 Å². The van der Waals surface area contributed by atoms with E-state index in [1.165, 1.54) is 0 Å². The van der Waals surface area contributed by atoms with E-state index in [-0.39, 0.29) is 22.6 Å². The van der Waals surface area contributed by atoms with Crippen LogP contribution in [0.3, 0.4) is 0 Å². The zero-order valence-corrected chi connectivity index (χ0v) is 9.96. The third kappa shape index (κ3) is 2.01. The summed E-state index contributed by atoms with van der Waals surface area (Å²) in [4.78, 5) is 0. The molecule has 4 heteroatoms. The summed E-state index contributed by atoms with van der Waals surface area (Å²) in [6, 6.07) is 4.55. The number of rotatable bonds is 1. The standard InChI is InChI=1S/C14H12F2O2/c1-7-3-11(15)9(5-13(7)17)10-6-14(18)8(2)4-12(10)16/h3-6,17-18H,1-2H3. The lowest BCUT2D eigenvalue weighted by Crippen LogP contribution is -1.91. The van der Waals surface area contributed by atoms with Crippen molar-refractivity contribution >= 4 is 0 Å². The van der Waals surface area contributed by atoms with Crippen LogP contribution in [0.25, 0.3) is 11.1 Å². The molecule has 0 unspecified atom stereocenters. The first-order valence-corrected chi connectivity index (χ1v) is 5.38. The summed E-state index contributed by atoms with van der Waals surface area (Å²) in [5.41, 5.74) is 0.581. The van der Waals surface area contributed by atoms with E-state index in [0.717, 1.165) is 24.3 Å². The molecule has 0 aliphatic heterocycles. The maximum Gasteiger partial charge on any atom is 0.131 e. The molecule has 94 valence electrons. The summed E-state index contributed by atoms with van der Waals surface area (Å²) in [5, 5.41) is 19.1. The maximum absolute atomic E-state index is 13.8. The Hall–Kier alpha value is -2.10. The predicted molar refractivity (Wildman–Crippen MR) is 64.6 cm³/mol. The van der Waals surface area contributed by atoms with Gasteiger partial charge < -0.3 is 10.2 Å². The first-order chi connectivity index (χ1) is 8.40. The topological polar surface area (TPSA) is 40.5 Å². The van der Waals surface area contributed by atoms with Gasteiger partial charge in [0, 0.05) is 11.1 Å². The summed E-state index contributed by atoms with van der Waals surface area (Å²) in [7, 11) is 0. The van der Waals surface area contributed by atoms with Crippen LogP contribution < -0.4 is 0 Å². The van der Waals surface area contributed by atoms with Gasteiger partial charge in [0.15, 0.2) is 0 Å². The van der Waals surface area contributed by atoms with Gasteiger partial charge in [-0.05, 0) is 49.2 Å². The lowest BCUT2D eigenvalue weighted by molar-refractivity contribution is 0.467. The van der Waals surface area contributed by atoms with Gasteiger partial charge in [-0.1, -0.05) is 0 Å². The number of phenolic OH excluding ortho intramolecular Hbond substituents is 2. The van der Waals surface area contributed by atoms with Gasteiger partial charge in [0.2, 0.25) is 0 Å². The molecule has 0 saturated heterocycles. The molecular weight excluding hydrogens is 238 g/mol. The lowest BCUT2D eigenvalue weighted by atomic mass is 10.0. The Morgan fingerprint density at radius 3 is 1.39 bits per heavy atom. The number of benzene rings is 2. The van der Waals surface area contributed by atoms with Gasteiger partial charge in [-0.25, -0.2) is 8.78 Å². The van der Waals surface area contributed by atoms with Crippen LogP contribution in [0.4, 0.5) is 8.78 Å². The molecule has 2 rings (SSSR count). The van der Waals surface area contributed by atoms with Crippen LogP contribution in [0.5, 0.6) is 11.5 Å². The van der Waals surface area contributed by atoms with Gasteiger partial charge in [-0.3, -0.25) is 0 Å².